The first-order valence-electron chi connectivity index (χ1n) is 10.3. The van der Waals surface area contributed by atoms with Crippen LogP contribution in [0.25, 0.3) is 27.9 Å². The number of nitrogens with zero attached hydrogens (tertiary/aromatic N) is 6. The number of aromatic nitrogens is 6. The Balaban J connectivity index is 1.39. The van der Waals surface area contributed by atoms with Crippen molar-refractivity contribution in [3.05, 3.63) is 53.2 Å². The Bertz CT molecular complexity index is 1300. The Morgan fingerprint density at radius 3 is 2.81 bits per heavy atom. The van der Waals surface area contributed by atoms with Gasteiger partial charge in [0.1, 0.15) is 12.2 Å². The van der Waals surface area contributed by atoms with Crippen molar-refractivity contribution in [1.82, 2.24) is 34.8 Å². The van der Waals surface area contributed by atoms with E-state index in [-0.39, 0.29) is 0 Å². The zero-order valence-electron chi connectivity index (χ0n) is 16.7. The highest BCUT2D eigenvalue weighted by atomic mass is 32.1. The predicted molar refractivity (Wildman–Crippen MR) is 123 cm³/mol. The van der Waals surface area contributed by atoms with Gasteiger partial charge in [-0.2, -0.15) is 21.3 Å². The van der Waals surface area contributed by atoms with Gasteiger partial charge < -0.3 is 20.5 Å². The molecule has 0 saturated carbocycles. The first-order chi connectivity index (χ1) is 15.3. The maximum atomic E-state index is 4.89. The SMILES string of the molecule is c1ccc2[nH]c(CNc3nc(N4CCNCC4)nc4c3ncn4-c3ccsc3)nc2c1. The minimum absolute atomic E-state index is 0.521. The van der Waals surface area contributed by atoms with Gasteiger partial charge in [-0.15, -0.1) is 0 Å². The van der Waals surface area contributed by atoms with Crippen LogP contribution < -0.4 is 15.5 Å². The highest BCUT2D eigenvalue weighted by Gasteiger charge is 2.19. The fourth-order valence-electron chi connectivity index (χ4n) is 3.86. The molecule has 0 unspecified atom stereocenters. The minimum atomic E-state index is 0.521. The third-order valence-corrected chi connectivity index (χ3v) is 6.10. The molecule has 1 aliphatic heterocycles. The van der Waals surface area contributed by atoms with Gasteiger partial charge >= 0.3 is 0 Å². The van der Waals surface area contributed by atoms with Gasteiger partial charge in [-0.25, -0.2) is 9.97 Å². The van der Waals surface area contributed by atoms with E-state index in [2.05, 4.69) is 47.3 Å². The Morgan fingerprint density at radius 2 is 1.97 bits per heavy atom. The molecule has 1 fully saturated rings. The van der Waals surface area contributed by atoms with Gasteiger partial charge in [0.25, 0.3) is 0 Å². The smallest absolute Gasteiger partial charge is 0.229 e. The largest absolute Gasteiger partial charge is 0.361 e. The number of hydrogen-bond acceptors (Lipinski definition) is 8. The molecule has 0 spiro atoms. The topological polar surface area (TPSA) is 99.6 Å². The third-order valence-electron chi connectivity index (χ3n) is 5.43. The van der Waals surface area contributed by atoms with Crippen LogP contribution in [0.5, 0.6) is 0 Å². The number of thiophene rings is 1. The third kappa shape index (κ3) is 3.39. The van der Waals surface area contributed by atoms with Crippen molar-refractivity contribution < 1.29 is 0 Å². The second kappa shape index (κ2) is 7.64. The van der Waals surface area contributed by atoms with Crippen LogP contribution in [-0.2, 0) is 6.54 Å². The highest BCUT2D eigenvalue weighted by molar-refractivity contribution is 7.08. The van der Waals surface area contributed by atoms with E-state index in [1.54, 1.807) is 11.3 Å². The lowest BCUT2D eigenvalue weighted by Crippen LogP contribution is -2.44. The molecule has 10 heteroatoms. The van der Waals surface area contributed by atoms with Gasteiger partial charge in [-0.05, 0) is 23.6 Å². The summed E-state index contributed by atoms with van der Waals surface area (Å²) < 4.78 is 2.02. The van der Waals surface area contributed by atoms with Crippen LogP contribution in [-0.4, -0.2) is 55.7 Å². The highest BCUT2D eigenvalue weighted by Crippen LogP contribution is 2.26. The fourth-order valence-corrected chi connectivity index (χ4v) is 4.49. The zero-order valence-corrected chi connectivity index (χ0v) is 17.6. The molecule has 6 rings (SSSR count). The van der Waals surface area contributed by atoms with Crippen molar-refractivity contribution in [3.63, 3.8) is 0 Å². The van der Waals surface area contributed by atoms with Crippen LogP contribution in [0.15, 0.2) is 47.4 Å². The van der Waals surface area contributed by atoms with Crippen LogP contribution in [0.2, 0.25) is 0 Å². The number of para-hydroxylation sites is 2. The van der Waals surface area contributed by atoms with Crippen LogP contribution >= 0.6 is 11.3 Å². The zero-order chi connectivity index (χ0) is 20.6. The van der Waals surface area contributed by atoms with Crippen LogP contribution in [0.4, 0.5) is 11.8 Å². The lowest BCUT2D eigenvalue weighted by atomic mass is 10.3. The first-order valence-corrected chi connectivity index (χ1v) is 11.2. The van der Waals surface area contributed by atoms with Crippen molar-refractivity contribution in [1.29, 1.82) is 0 Å². The van der Waals surface area contributed by atoms with Crippen molar-refractivity contribution in [3.8, 4) is 5.69 Å². The van der Waals surface area contributed by atoms with Crippen LogP contribution in [0.1, 0.15) is 5.82 Å². The molecule has 5 aromatic rings. The molecular weight excluding hydrogens is 410 g/mol. The summed E-state index contributed by atoms with van der Waals surface area (Å²) in [6, 6.07) is 10.1. The van der Waals surface area contributed by atoms with Crippen molar-refractivity contribution in [2.24, 2.45) is 0 Å². The van der Waals surface area contributed by atoms with Crippen molar-refractivity contribution in [2.75, 3.05) is 36.4 Å². The van der Waals surface area contributed by atoms with E-state index >= 15 is 0 Å². The molecule has 1 saturated heterocycles. The summed E-state index contributed by atoms with van der Waals surface area (Å²) in [6.07, 6.45) is 1.81. The molecule has 0 aliphatic carbocycles. The number of imidazole rings is 2. The van der Waals surface area contributed by atoms with E-state index in [9.17, 15) is 0 Å². The summed E-state index contributed by atoms with van der Waals surface area (Å²) in [6.45, 7) is 4.12. The fraction of sp³-hybridized carbons (Fsp3) is 0.238. The van der Waals surface area contributed by atoms with E-state index in [0.29, 0.717) is 12.4 Å². The molecule has 0 radical (unpaired) electrons. The number of fused-ring (bicyclic) bond motifs is 2. The molecule has 0 bridgehead atoms. The summed E-state index contributed by atoms with van der Waals surface area (Å²) >= 11 is 1.65. The molecular formula is C21H21N9S. The van der Waals surface area contributed by atoms with Crippen molar-refractivity contribution >= 4 is 45.3 Å². The number of hydrogen-bond donors (Lipinski definition) is 3. The lowest BCUT2D eigenvalue weighted by molar-refractivity contribution is 0.580. The van der Waals surface area contributed by atoms with E-state index in [1.165, 1.54) is 0 Å². The average molecular weight is 432 g/mol. The number of anilines is 2. The Kier molecular flexibility index (Phi) is 4.50. The molecule has 0 atom stereocenters. The van der Waals surface area contributed by atoms with Gasteiger partial charge in [0.2, 0.25) is 5.95 Å². The maximum absolute atomic E-state index is 4.89. The number of rotatable bonds is 5. The number of nitrogens with one attached hydrogen (secondary N) is 3. The lowest BCUT2D eigenvalue weighted by Gasteiger charge is -2.27. The van der Waals surface area contributed by atoms with Gasteiger partial charge in [0, 0.05) is 31.6 Å². The number of benzene rings is 1. The van der Waals surface area contributed by atoms with E-state index in [4.69, 9.17) is 9.97 Å². The molecule has 4 aromatic heterocycles. The Morgan fingerprint density at radius 1 is 1.06 bits per heavy atom. The van der Waals surface area contributed by atoms with Gasteiger partial charge in [0.05, 0.1) is 23.3 Å². The second-order valence-electron chi connectivity index (χ2n) is 7.43. The van der Waals surface area contributed by atoms with Gasteiger partial charge in [-0.1, -0.05) is 12.1 Å². The summed E-state index contributed by atoms with van der Waals surface area (Å²) in [5.74, 6) is 2.29. The molecule has 1 aromatic carbocycles. The minimum Gasteiger partial charge on any atom is -0.361 e. The normalized spacial score (nSPS) is 14.5. The number of H-pyrrole nitrogens is 1. The molecule has 31 heavy (non-hydrogen) atoms. The van der Waals surface area contributed by atoms with Crippen molar-refractivity contribution in [2.45, 2.75) is 6.54 Å². The van der Waals surface area contributed by atoms with Gasteiger partial charge in [-0.3, -0.25) is 4.57 Å². The molecule has 1 aliphatic rings. The summed E-state index contributed by atoms with van der Waals surface area (Å²) in [7, 11) is 0. The summed E-state index contributed by atoms with van der Waals surface area (Å²) in [5, 5.41) is 11.0. The number of aromatic amines is 1. The quantitative estimate of drug-likeness (QED) is 0.393. The Labute approximate surface area is 182 Å². The maximum Gasteiger partial charge on any atom is 0.229 e. The number of piperazine rings is 1. The average Bonchev–Trinajstić information content (AvgIpc) is 3.56. The van der Waals surface area contributed by atoms with E-state index in [1.807, 2.05) is 35.2 Å². The second-order valence-corrected chi connectivity index (χ2v) is 8.21. The summed E-state index contributed by atoms with van der Waals surface area (Å²) in [5.41, 5.74) is 4.58. The summed E-state index contributed by atoms with van der Waals surface area (Å²) in [4.78, 5) is 24.6. The molecule has 0 amide bonds. The predicted octanol–water partition coefficient (Wildman–Crippen LogP) is 2.78. The standard InChI is InChI=1S/C21H21N9S/c1-2-4-16-15(3-1)25-17(26-16)11-23-19-18-20(30(13-24-18)14-5-10-31-12-14)28-21(27-19)29-8-6-22-7-9-29/h1-5,10,12-13,22H,6-9,11H2,(H,25,26)(H,23,27,28). The molecule has 3 N–H and O–H groups in total. The first kappa shape index (κ1) is 18.3. The molecule has 9 nitrogen and oxygen atoms in total. The van der Waals surface area contributed by atoms with E-state index < -0.39 is 0 Å². The van der Waals surface area contributed by atoms with Gasteiger partial charge in [0.15, 0.2) is 17.0 Å². The monoisotopic (exact) mass is 431 g/mol. The van der Waals surface area contributed by atoms with Crippen LogP contribution in [0.3, 0.4) is 0 Å². The Hall–Kier alpha value is -3.50. The molecule has 156 valence electrons. The van der Waals surface area contributed by atoms with E-state index in [0.717, 1.165) is 65.8 Å². The molecule has 5 heterocycles. The van der Waals surface area contributed by atoms with Crippen LogP contribution in [0, 0.1) is 0 Å².